The van der Waals surface area contributed by atoms with Crippen LogP contribution in [0.1, 0.15) is 12.6 Å². The maximum Gasteiger partial charge on any atom is 0.266 e. The summed E-state index contributed by atoms with van der Waals surface area (Å²) in [5, 5.41) is 8.21. The first kappa shape index (κ1) is 24.2. The van der Waals surface area contributed by atoms with Crippen LogP contribution in [0.4, 0.5) is 0 Å². The van der Waals surface area contributed by atoms with Gasteiger partial charge >= 0.3 is 0 Å². The van der Waals surface area contributed by atoms with Crippen LogP contribution in [0, 0.1) is 6.92 Å². The number of methoxy groups -OCH3 is 1. The zero-order valence-corrected chi connectivity index (χ0v) is 20.5. The molecule has 8 nitrogen and oxygen atoms in total. The fourth-order valence-electron chi connectivity index (χ4n) is 3.41. The minimum absolute atomic E-state index is 0.233. The summed E-state index contributed by atoms with van der Waals surface area (Å²) >= 11 is 1.53. The third-order valence-electron chi connectivity index (χ3n) is 5.28. The number of carbonyl (C=O) groups excluding carboxylic acids is 1. The molecule has 9 heteroatoms. The number of benzene rings is 2. The Bertz CT molecular complexity index is 1350. The molecule has 1 amide bonds. The fourth-order valence-corrected chi connectivity index (χ4v) is 4.45. The first-order chi connectivity index (χ1) is 16.9. The van der Waals surface area contributed by atoms with E-state index in [0.717, 1.165) is 21.1 Å². The van der Waals surface area contributed by atoms with Crippen LogP contribution in [-0.4, -0.2) is 40.4 Å². The van der Waals surface area contributed by atoms with Crippen LogP contribution in [0.15, 0.2) is 71.5 Å². The van der Waals surface area contributed by atoms with Crippen LogP contribution >= 0.6 is 11.3 Å². The molecule has 2 aromatic carbocycles. The quantitative estimate of drug-likeness (QED) is 0.382. The molecule has 0 aliphatic rings. The van der Waals surface area contributed by atoms with Gasteiger partial charge in [0.25, 0.3) is 11.5 Å². The molecule has 0 radical (unpaired) electrons. The Labute approximate surface area is 207 Å². The maximum atomic E-state index is 12.4. The summed E-state index contributed by atoms with van der Waals surface area (Å²) in [5.41, 5.74) is 2.32. The van der Waals surface area contributed by atoms with Gasteiger partial charge in [0.1, 0.15) is 22.2 Å². The van der Waals surface area contributed by atoms with Crippen LogP contribution < -0.4 is 20.3 Å². The molecule has 1 N–H and O–H groups in total. The van der Waals surface area contributed by atoms with Gasteiger partial charge in [-0.3, -0.25) is 9.59 Å². The summed E-state index contributed by atoms with van der Waals surface area (Å²) in [5.74, 6) is 0.990. The molecule has 1 atom stereocenters. The molecular formula is C26H26N4O4S. The van der Waals surface area contributed by atoms with E-state index in [1.54, 1.807) is 44.4 Å². The number of aryl methyl sites for hydroxylation is 1. The van der Waals surface area contributed by atoms with Crippen LogP contribution in [0.25, 0.3) is 21.1 Å². The van der Waals surface area contributed by atoms with Gasteiger partial charge in [0.05, 0.1) is 24.2 Å². The Morgan fingerprint density at radius 1 is 1.06 bits per heavy atom. The molecule has 0 saturated carbocycles. The molecule has 0 fully saturated rings. The molecule has 0 aliphatic carbocycles. The molecule has 0 spiro atoms. The van der Waals surface area contributed by atoms with Gasteiger partial charge < -0.3 is 14.8 Å². The van der Waals surface area contributed by atoms with E-state index in [1.807, 2.05) is 37.3 Å². The predicted molar refractivity (Wildman–Crippen MR) is 136 cm³/mol. The molecule has 180 valence electrons. The number of hydrogen-bond acceptors (Lipinski definition) is 7. The van der Waals surface area contributed by atoms with Gasteiger partial charge in [-0.2, -0.15) is 5.10 Å². The van der Waals surface area contributed by atoms with Crippen molar-refractivity contribution < 1.29 is 14.3 Å². The van der Waals surface area contributed by atoms with Crippen molar-refractivity contribution in [3.63, 3.8) is 0 Å². The number of nitrogens with zero attached hydrogens (tertiary/aromatic N) is 3. The van der Waals surface area contributed by atoms with Crippen molar-refractivity contribution in [2.45, 2.75) is 26.5 Å². The van der Waals surface area contributed by atoms with Gasteiger partial charge in [-0.05, 0) is 44.2 Å². The average molecular weight is 491 g/mol. The highest BCUT2D eigenvalue weighted by Crippen LogP contribution is 2.33. The molecule has 0 aliphatic heterocycles. The van der Waals surface area contributed by atoms with Gasteiger partial charge in [-0.25, -0.2) is 9.67 Å². The van der Waals surface area contributed by atoms with Crippen molar-refractivity contribution in [1.29, 1.82) is 0 Å². The highest BCUT2D eigenvalue weighted by Gasteiger charge is 2.16. The number of amides is 1. The van der Waals surface area contributed by atoms with Crippen molar-refractivity contribution in [2.75, 3.05) is 13.7 Å². The Hall–Kier alpha value is -3.98. The Kier molecular flexibility index (Phi) is 7.57. The first-order valence-corrected chi connectivity index (χ1v) is 12.0. The highest BCUT2D eigenvalue weighted by atomic mass is 32.1. The van der Waals surface area contributed by atoms with Crippen LogP contribution in [0.5, 0.6) is 11.5 Å². The molecule has 0 bridgehead atoms. The summed E-state index contributed by atoms with van der Waals surface area (Å²) in [4.78, 5) is 30.4. The number of rotatable bonds is 9. The monoisotopic (exact) mass is 490 g/mol. The van der Waals surface area contributed by atoms with Crippen molar-refractivity contribution in [3.05, 3.63) is 82.8 Å². The third-order valence-corrected chi connectivity index (χ3v) is 6.51. The normalized spacial score (nSPS) is 11.6. The second kappa shape index (κ2) is 11.0. The maximum absolute atomic E-state index is 12.4. The number of carbonyl (C=O) groups is 1. The van der Waals surface area contributed by atoms with Crippen LogP contribution in [-0.2, 0) is 11.3 Å². The van der Waals surface area contributed by atoms with E-state index >= 15 is 0 Å². The summed E-state index contributed by atoms with van der Waals surface area (Å²) in [7, 11) is 1.59. The van der Waals surface area contributed by atoms with E-state index in [2.05, 4.69) is 15.4 Å². The van der Waals surface area contributed by atoms with E-state index in [0.29, 0.717) is 17.2 Å². The summed E-state index contributed by atoms with van der Waals surface area (Å²) in [6, 6.07) is 20.1. The molecule has 1 unspecified atom stereocenters. The van der Waals surface area contributed by atoms with Gasteiger partial charge in [-0.1, -0.05) is 30.3 Å². The van der Waals surface area contributed by atoms with Crippen LogP contribution in [0.3, 0.4) is 0 Å². The second-order valence-electron chi connectivity index (χ2n) is 7.81. The molecule has 0 saturated heterocycles. The zero-order valence-electron chi connectivity index (χ0n) is 19.7. The molecule has 2 aromatic heterocycles. The summed E-state index contributed by atoms with van der Waals surface area (Å²) in [6.45, 7) is 4.07. The summed E-state index contributed by atoms with van der Waals surface area (Å²) < 4.78 is 12.1. The number of aromatic nitrogens is 3. The molecule has 35 heavy (non-hydrogen) atoms. The first-order valence-electron chi connectivity index (χ1n) is 11.1. The SMILES string of the molecule is COc1ccc(OC(C)C(=O)NCCn2nc(-c3sc(-c4ccccc4)nc3C)ccc2=O)cc1. The minimum atomic E-state index is -0.698. The largest absolute Gasteiger partial charge is 0.497 e. The van der Waals surface area contributed by atoms with Gasteiger partial charge in [0.2, 0.25) is 0 Å². The lowest BCUT2D eigenvalue weighted by molar-refractivity contribution is -0.127. The van der Waals surface area contributed by atoms with Crippen molar-refractivity contribution >= 4 is 17.2 Å². The number of hydrogen-bond donors (Lipinski definition) is 1. The van der Waals surface area contributed by atoms with E-state index in [1.165, 1.54) is 22.1 Å². The smallest absolute Gasteiger partial charge is 0.266 e. The predicted octanol–water partition coefficient (Wildman–Crippen LogP) is 3.93. The summed E-state index contributed by atoms with van der Waals surface area (Å²) in [6.07, 6.45) is -0.698. The average Bonchev–Trinajstić information content (AvgIpc) is 3.27. The Morgan fingerprint density at radius 3 is 2.49 bits per heavy atom. The highest BCUT2D eigenvalue weighted by molar-refractivity contribution is 7.18. The number of thiazole rings is 1. The Balaban J connectivity index is 1.38. The number of nitrogens with one attached hydrogen (secondary N) is 1. The van der Waals surface area contributed by atoms with Crippen molar-refractivity contribution in [3.8, 4) is 32.6 Å². The second-order valence-corrected chi connectivity index (χ2v) is 8.81. The van der Waals surface area contributed by atoms with E-state index in [-0.39, 0.29) is 24.6 Å². The fraction of sp³-hybridized carbons (Fsp3) is 0.231. The van der Waals surface area contributed by atoms with Gasteiger partial charge in [-0.15, -0.1) is 11.3 Å². The lowest BCUT2D eigenvalue weighted by atomic mass is 10.2. The van der Waals surface area contributed by atoms with Gasteiger partial charge in [0.15, 0.2) is 6.10 Å². The van der Waals surface area contributed by atoms with E-state index in [9.17, 15) is 9.59 Å². The van der Waals surface area contributed by atoms with E-state index < -0.39 is 6.10 Å². The Morgan fingerprint density at radius 2 is 1.77 bits per heavy atom. The molecular weight excluding hydrogens is 464 g/mol. The zero-order chi connectivity index (χ0) is 24.8. The minimum Gasteiger partial charge on any atom is -0.497 e. The van der Waals surface area contributed by atoms with Crippen molar-refractivity contribution in [2.24, 2.45) is 0 Å². The van der Waals surface area contributed by atoms with Crippen molar-refractivity contribution in [1.82, 2.24) is 20.1 Å². The van der Waals surface area contributed by atoms with E-state index in [4.69, 9.17) is 9.47 Å². The number of ether oxygens (including phenoxy) is 2. The third kappa shape index (κ3) is 5.93. The van der Waals surface area contributed by atoms with Gasteiger partial charge in [0, 0.05) is 18.2 Å². The topological polar surface area (TPSA) is 95.3 Å². The lowest BCUT2D eigenvalue weighted by Gasteiger charge is -2.15. The molecule has 4 aromatic rings. The standard InChI is InChI=1S/C26H26N4O4S/c1-17-24(35-26(28-17)19-7-5-4-6-8-19)22-13-14-23(31)30(29-22)16-15-27-25(32)18(2)34-21-11-9-20(33-3)10-12-21/h4-14,18H,15-16H2,1-3H3,(H,27,32). The molecule has 4 rings (SSSR count). The van der Waals surface area contributed by atoms with Crippen LogP contribution in [0.2, 0.25) is 0 Å². The molecule has 2 heterocycles. The lowest BCUT2D eigenvalue weighted by Crippen LogP contribution is -2.39.